The lowest BCUT2D eigenvalue weighted by Crippen LogP contribution is -2.46. The summed E-state index contributed by atoms with van der Waals surface area (Å²) < 4.78 is 19.0. The van der Waals surface area contributed by atoms with Crippen LogP contribution in [0.5, 0.6) is 5.75 Å². The summed E-state index contributed by atoms with van der Waals surface area (Å²) in [5.41, 5.74) is 1.51. The Morgan fingerprint density at radius 3 is 2.33 bits per heavy atom. The Hall–Kier alpha value is -2.83. The first-order valence-electron chi connectivity index (χ1n) is 10.6. The monoisotopic (exact) mass is 412 g/mol. The summed E-state index contributed by atoms with van der Waals surface area (Å²) in [5, 5.41) is 0. The molecule has 0 N–H and O–H groups in total. The lowest BCUT2D eigenvalue weighted by Gasteiger charge is -2.37. The summed E-state index contributed by atoms with van der Waals surface area (Å²) in [5.74, 6) is 1.56. The molecule has 0 aliphatic carbocycles. The van der Waals surface area contributed by atoms with Crippen LogP contribution in [0.25, 0.3) is 0 Å². The zero-order valence-corrected chi connectivity index (χ0v) is 17.7. The predicted octanol–water partition coefficient (Wildman–Crippen LogP) is 3.43. The topological polar surface area (TPSA) is 48.9 Å². The highest BCUT2D eigenvalue weighted by Gasteiger charge is 2.23. The number of piperazine rings is 1. The number of anilines is 2. The summed E-state index contributed by atoms with van der Waals surface area (Å²) in [6.07, 6.45) is 3.83. The molecular weight excluding hydrogens is 383 g/mol. The third-order valence-electron chi connectivity index (χ3n) is 6.17. The van der Waals surface area contributed by atoms with E-state index >= 15 is 0 Å². The number of benzene rings is 1. The summed E-state index contributed by atoms with van der Waals surface area (Å²) in [6, 6.07) is 8.89. The highest BCUT2D eigenvalue weighted by molar-refractivity contribution is 5.94. The van der Waals surface area contributed by atoms with Gasteiger partial charge < -0.3 is 19.4 Å². The van der Waals surface area contributed by atoms with Gasteiger partial charge in [-0.2, -0.15) is 0 Å². The Labute approximate surface area is 177 Å². The molecule has 30 heavy (non-hydrogen) atoms. The van der Waals surface area contributed by atoms with E-state index in [4.69, 9.17) is 4.74 Å². The number of nitrogens with zero attached hydrogens (tertiary/aromatic N) is 4. The number of amides is 1. The van der Waals surface area contributed by atoms with Gasteiger partial charge in [-0.25, -0.2) is 9.37 Å². The van der Waals surface area contributed by atoms with Gasteiger partial charge in [0.1, 0.15) is 5.82 Å². The smallest absolute Gasteiger partial charge is 0.255 e. The van der Waals surface area contributed by atoms with E-state index in [0.717, 1.165) is 63.6 Å². The molecule has 0 radical (unpaired) electrons. The van der Waals surface area contributed by atoms with Crippen LogP contribution >= 0.6 is 0 Å². The van der Waals surface area contributed by atoms with E-state index in [0.29, 0.717) is 11.5 Å². The molecule has 2 aliphatic heterocycles. The van der Waals surface area contributed by atoms with Crippen molar-refractivity contribution >= 4 is 17.4 Å². The molecule has 4 rings (SSSR count). The third kappa shape index (κ3) is 4.35. The fourth-order valence-corrected chi connectivity index (χ4v) is 4.14. The highest BCUT2D eigenvalue weighted by Crippen LogP contribution is 2.25. The molecule has 1 amide bonds. The highest BCUT2D eigenvalue weighted by atomic mass is 19.1. The maximum Gasteiger partial charge on any atom is 0.255 e. The minimum absolute atomic E-state index is 0.0762. The van der Waals surface area contributed by atoms with Crippen molar-refractivity contribution in [1.29, 1.82) is 0 Å². The van der Waals surface area contributed by atoms with Crippen molar-refractivity contribution in [2.24, 2.45) is 5.92 Å². The van der Waals surface area contributed by atoms with E-state index < -0.39 is 0 Å². The van der Waals surface area contributed by atoms with E-state index in [1.807, 2.05) is 23.1 Å². The molecule has 2 saturated heterocycles. The zero-order chi connectivity index (χ0) is 21.1. The Morgan fingerprint density at radius 1 is 1.03 bits per heavy atom. The van der Waals surface area contributed by atoms with Crippen molar-refractivity contribution in [3.8, 4) is 5.75 Å². The Kier molecular flexibility index (Phi) is 6.06. The average molecular weight is 413 g/mol. The van der Waals surface area contributed by atoms with Gasteiger partial charge in [-0.1, -0.05) is 6.92 Å². The Balaban J connectivity index is 1.35. The number of methoxy groups -OCH3 is 1. The number of aromatic nitrogens is 1. The fraction of sp³-hybridized carbons (Fsp3) is 0.478. The lowest BCUT2D eigenvalue weighted by molar-refractivity contribution is 0.0697. The van der Waals surface area contributed by atoms with Gasteiger partial charge in [0.2, 0.25) is 0 Å². The van der Waals surface area contributed by atoms with Crippen LogP contribution in [0.3, 0.4) is 0 Å². The molecule has 1 aromatic carbocycles. The molecular formula is C23H29FN4O2. The van der Waals surface area contributed by atoms with Crippen LogP contribution in [0.1, 0.15) is 30.1 Å². The standard InChI is InChI=1S/C23H29FN4O2/c1-17-7-9-28(10-8-17)23(29)18-3-6-22(25-16-18)27-13-11-26(12-14-27)19-4-5-21(30-2)20(24)15-19/h3-6,15-17H,7-14H2,1-2H3. The predicted molar refractivity (Wildman–Crippen MR) is 116 cm³/mol. The summed E-state index contributed by atoms with van der Waals surface area (Å²) in [7, 11) is 1.47. The van der Waals surface area contributed by atoms with Crippen LogP contribution in [0.2, 0.25) is 0 Å². The maximum absolute atomic E-state index is 14.0. The molecule has 6 nitrogen and oxygen atoms in total. The van der Waals surface area contributed by atoms with Crippen LogP contribution in [-0.4, -0.2) is 62.2 Å². The van der Waals surface area contributed by atoms with Gasteiger partial charge in [0, 0.05) is 57.2 Å². The number of piperidine rings is 1. The minimum Gasteiger partial charge on any atom is -0.494 e. The molecule has 1 aromatic heterocycles. The first-order valence-corrected chi connectivity index (χ1v) is 10.6. The molecule has 2 aromatic rings. The molecule has 160 valence electrons. The molecule has 2 aliphatic rings. The number of carbonyl (C=O) groups is 1. The van der Waals surface area contributed by atoms with Gasteiger partial charge in [0.25, 0.3) is 5.91 Å². The number of rotatable bonds is 4. The number of hydrogen-bond donors (Lipinski definition) is 0. The zero-order valence-electron chi connectivity index (χ0n) is 17.7. The minimum atomic E-state index is -0.345. The van der Waals surface area contributed by atoms with Crippen LogP contribution < -0.4 is 14.5 Å². The third-order valence-corrected chi connectivity index (χ3v) is 6.17. The van der Waals surface area contributed by atoms with Gasteiger partial charge in [-0.15, -0.1) is 0 Å². The van der Waals surface area contributed by atoms with Crippen molar-refractivity contribution in [2.75, 3.05) is 56.2 Å². The second-order valence-corrected chi connectivity index (χ2v) is 8.17. The van der Waals surface area contributed by atoms with Crippen molar-refractivity contribution in [3.05, 3.63) is 47.9 Å². The van der Waals surface area contributed by atoms with Gasteiger partial charge in [0.05, 0.1) is 12.7 Å². The van der Waals surface area contributed by atoms with Gasteiger partial charge >= 0.3 is 0 Å². The first-order chi connectivity index (χ1) is 14.5. The molecule has 0 atom stereocenters. The van der Waals surface area contributed by atoms with Crippen molar-refractivity contribution in [3.63, 3.8) is 0 Å². The van der Waals surface area contributed by atoms with Crippen LogP contribution in [0.15, 0.2) is 36.5 Å². The summed E-state index contributed by atoms with van der Waals surface area (Å²) >= 11 is 0. The normalized spacial score (nSPS) is 17.9. The van der Waals surface area contributed by atoms with E-state index in [2.05, 4.69) is 21.7 Å². The van der Waals surface area contributed by atoms with Crippen LogP contribution in [0, 0.1) is 11.7 Å². The fourth-order valence-electron chi connectivity index (χ4n) is 4.14. The van der Waals surface area contributed by atoms with Crippen LogP contribution in [0.4, 0.5) is 15.9 Å². The molecule has 3 heterocycles. The quantitative estimate of drug-likeness (QED) is 0.770. The molecule has 0 unspecified atom stereocenters. The van der Waals surface area contributed by atoms with Gasteiger partial charge in [-0.05, 0) is 43.0 Å². The number of hydrogen-bond acceptors (Lipinski definition) is 5. The van der Waals surface area contributed by atoms with E-state index in [1.165, 1.54) is 13.2 Å². The number of likely N-dealkylation sites (tertiary alicyclic amines) is 1. The van der Waals surface area contributed by atoms with Gasteiger partial charge in [0.15, 0.2) is 11.6 Å². The molecule has 2 fully saturated rings. The van der Waals surface area contributed by atoms with Crippen molar-refractivity contribution < 1.29 is 13.9 Å². The molecule has 0 saturated carbocycles. The van der Waals surface area contributed by atoms with E-state index in [9.17, 15) is 9.18 Å². The van der Waals surface area contributed by atoms with Gasteiger partial charge in [-0.3, -0.25) is 4.79 Å². The van der Waals surface area contributed by atoms with Crippen LogP contribution in [-0.2, 0) is 0 Å². The molecule has 0 bridgehead atoms. The van der Waals surface area contributed by atoms with E-state index in [-0.39, 0.29) is 17.5 Å². The Bertz CT molecular complexity index is 873. The molecule has 7 heteroatoms. The second kappa shape index (κ2) is 8.90. The SMILES string of the molecule is COc1ccc(N2CCN(c3ccc(C(=O)N4CCC(C)CC4)cn3)CC2)cc1F. The lowest BCUT2D eigenvalue weighted by atomic mass is 9.99. The number of halogens is 1. The van der Waals surface area contributed by atoms with Crippen molar-refractivity contribution in [2.45, 2.75) is 19.8 Å². The number of carbonyl (C=O) groups excluding carboxylic acids is 1. The number of pyridine rings is 1. The average Bonchev–Trinajstić information content (AvgIpc) is 2.79. The Morgan fingerprint density at radius 2 is 1.73 bits per heavy atom. The molecule has 0 spiro atoms. The van der Waals surface area contributed by atoms with E-state index in [1.54, 1.807) is 12.3 Å². The number of ether oxygens (including phenoxy) is 1. The summed E-state index contributed by atoms with van der Waals surface area (Å²) in [4.78, 5) is 23.5. The first kappa shape index (κ1) is 20.4. The maximum atomic E-state index is 14.0. The second-order valence-electron chi connectivity index (χ2n) is 8.17. The summed E-state index contributed by atoms with van der Waals surface area (Å²) in [6.45, 7) is 7.03. The largest absolute Gasteiger partial charge is 0.494 e. The van der Waals surface area contributed by atoms with Crippen molar-refractivity contribution in [1.82, 2.24) is 9.88 Å².